The van der Waals surface area contributed by atoms with E-state index in [4.69, 9.17) is 4.74 Å². The van der Waals surface area contributed by atoms with Crippen LogP contribution >= 0.6 is 0 Å². The van der Waals surface area contributed by atoms with Gasteiger partial charge in [0.2, 0.25) is 0 Å². The predicted octanol–water partition coefficient (Wildman–Crippen LogP) is 4.45. The SMILES string of the molecule is CC(C)CC(CCC(C)(C)C)(CNC(=O)OC(C)(C)C)C(=O)O. The average Bonchev–Trinajstić information content (AvgIpc) is 2.28. The molecule has 136 valence electrons. The van der Waals surface area contributed by atoms with Crippen molar-refractivity contribution in [2.75, 3.05) is 6.54 Å². The van der Waals surface area contributed by atoms with Gasteiger partial charge in [-0.05, 0) is 51.4 Å². The summed E-state index contributed by atoms with van der Waals surface area (Å²) >= 11 is 0. The highest BCUT2D eigenvalue weighted by molar-refractivity contribution is 5.76. The highest BCUT2D eigenvalue weighted by atomic mass is 16.6. The van der Waals surface area contributed by atoms with Crippen LogP contribution in [0, 0.1) is 16.7 Å². The maximum atomic E-state index is 12.0. The number of hydrogen-bond acceptors (Lipinski definition) is 3. The van der Waals surface area contributed by atoms with Crippen LogP contribution in [0.2, 0.25) is 0 Å². The van der Waals surface area contributed by atoms with Gasteiger partial charge in [0, 0.05) is 6.54 Å². The molecule has 0 heterocycles. The quantitative estimate of drug-likeness (QED) is 0.723. The predicted molar refractivity (Wildman–Crippen MR) is 92.4 cm³/mol. The molecule has 0 spiro atoms. The second kappa shape index (κ2) is 8.02. The summed E-state index contributed by atoms with van der Waals surface area (Å²) in [5.74, 6) is -0.627. The van der Waals surface area contributed by atoms with Crippen LogP contribution in [0.1, 0.15) is 74.7 Å². The largest absolute Gasteiger partial charge is 0.481 e. The molecule has 0 bridgehead atoms. The van der Waals surface area contributed by atoms with Gasteiger partial charge in [-0.25, -0.2) is 4.79 Å². The van der Waals surface area contributed by atoms with Crippen molar-refractivity contribution in [2.45, 2.75) is 80.3 Å². The number of alkyl carbamates (subject to hydrolysis) is 1. The lowest BCUT2D eigenvalue weighted by atomic mass is 9.73. The lowest BCUT2D eigenvalue weighted by molar-refractivity contribution is -0.150. The Morgan fingerprint density at radius 3 is 1.91 bits per heavy atom. The van der Waals surface area contributed by atoms with E-state index < -0.39 is 23.1 Å². The summed E-state index contributed by atoms with van der Waals surface area (Å²) in [7, 11) is 0. The molecular weight excluding hydrogens is 294 g/mol. The number of amides is 1. The van der Waals surface area contributed by atoms with E-state index in [9.17, 15) is 14.7 Å². The fraction of sp³-hybridized carbons (Fsp3) is 0.889. The minimum atomic E-state index is -0.960. The summed E-state index contributed by atoms with van der Waals surface area (Å²) in [4.78, 5) is 23.9. The first-order valence-corrected chi connectivity index (χ1v) is 8.37. The Hall–Kier alpha value is -1.26. The van der Waals surface area contributed by atoms with Gasteiger partial charge in [0.15, 0.2) is 0 Å². The lowest BCUT2D eigenvalue weighted by Gasteiger charge is -2.34. The molecule has 0 aromatic heterocycles. The molecule has 5 nitrogen and oxygen atoms in total. The first-order valence-electron chi connectivity index (χ1n) is 8.37. The molecule has 0 radical (unpaired) electrons. The molecule has 1 unspecified atom stereocenters. The summed E-state index contributed by atoms with van der Waals surface area (Å²) in [5.41, 5.74) is -1.51. The van der Waals surface area contributed by atoms with Crippen LogP contribution < -0.4 is 5.32 Å². The van der Waals surface area contributed by atoms with Gasteiger partial charge in [-0.1, -0.05) is 34.6 Å². The van der Waals surface area contributed by atoms with Gasteiger partial charge in [0.05, 0.1) is 5.41 Å². The second-order valence-electron chi connectivity index (χ2n) is 9.10. The van der Waals surface area contributed by atoms with Gasteiger partial charge < -0.3 is 15.2 Å². The standard InChI is InChI=1S/C18H35NO4/c1-13(2)11-18(14(20)21,10-9-16(3,4)5)12-19-15(22)23-17(6,7)8/h13H,9-12H2,1-8H3,(H,19,22)(H,20,21). The number of aliphatic carboxylic acids is 1. The Bertz CT molecular complexity index is 404. The Morgan fingerprint density at radius 2 is 1.57 bits per heavy atom. The number of carbonyl (C=O) groups is 2. The lowest BCUT2D eigenvalue weighted by Crippen LogP contribution is -2.45. The summed E-state index contributed by atoms with van der Waals surface area (Å²) in [5, 5.41) is 12.5. The van der Waals surface area contributed by atoms with Crippen molar-refractivity contribution in [3.05, 3.63) is 0 Å². The van der Waals surface area contributed by atoms with E-state index in [-0.39, 0.29) is 17.9 Å². The van der Waals surface area contributed by atoms with E-state index in [0.717, 1.165) is 6.42 Å². The molecule has 0 aliphatic rings. The van der Waals surface area contributed by atoms with Crippen molar-refractivity contribution in [3.63, 3.8) is 0 Å². The molecule has 0 aliphatic heterocycles. The maximum absolute atomic E-state index is 12.0. The molecule has 0 fully saturated rings. The monoisotopic (exact) mass is 329 g/mol. The first kappa shape index (κ1) is 21.7. The minimum Gasteiger partial charge on any atom is -0.481 e. The van der Waals surface area contributed by atoms with Gasteiger partial charge in [0.1, 0.15) is 5.60 Å². The number of rotatable bonds is 7. The van der Waals surface area contributed by atoms with Gasteiger partial charge in [-0.2, -0.15) is 0 Å². The van der Waals surface area contributed by atoms with Crippen LogP contribution in [0.4, 0.5) is 4.79 Å². The van der Waals surface area contributed by atoms with E-state index in [1.807, 2.05) is 13.8 Å². The van der Waals surface area contributed by atoms with E-state index in [0.29, 0.717) is 12.8 Å². The number of carboxylic acids is 1. The zero-order valence-corrected chi connectivity index (χ0v) is 16.1. The van der Waals surface area contributed by atoms with E-state index in [1.54, 1.807) is 20.8 Å². The van der Waals surface area contributed by atoms with Crippen LogP contribution in [0.3, 0.4) is 0 Å². The van der Waals surface area contributed by atoms with Crippen molar-refractivity contribution in [2.24, 2.45) is 16.7 Å². The number of hydrogen-bond donors (Lipinski definition) is 2. The first-order chi connectivity index (χ1) is 10.2. The second-order valence-corrected chi connectivity index (χ2v) is 9.10. The summed E-state index contributed by atoms with van der Waals surface area (Å²) in [6.45, 7) is 15.7. The molecule has 0 saturated carbocycles. The number of ether oxygens (including phenoxy) is 1. The highest BCUT2D eigenvalue weighted by Gasteiger charge is 2.40. The molecule has 23 heavy (non-hydrogen) atoms. The molecule has 0 aromatic carbocycles. The zero-order valence-electron chi connectivity index (χ0n) is 16.1. The molecular formula is C18H35NO4. The van der Waals surface area contributed by atoms with Gasteiger partial charge in [-0.3, -0.25) is 4.79 Å². The van der Waals surface area contributed by atoms with Crippen LogP contribution in [-0.4, -0.2) is 29.3 Å². The average molecular weight is 329 g/mol. The minimum absolute atomic E-state index is 0.0452. The van der Waals surface area contributed by atoms with Crippen molar-refractivity contribution >= 4 is 12.1 Å². The van der Waals surface area contributed by atoms with Crippen molar-refractivity contribution in [1.82, 2.24) is 5.32 Å². The third-order valence-corrected chi connectivity index (χ3v) is 3.58. The van der Waals surface area contributed by atoms with Gasteiger partial charge in [0.25, 0.3) is 0 Å². The molecule has 0 rings (SSSR count). The normalized spacial score (nSPS) is 15.2. The smallest absolute Gasteiger partial charge is 0.407 e. The topological polar surface area (TPSA) is 75.6 Å². The Morgan fingerprint density at radius 1 is 1.04 bits per heavy atom. The number of carbonyl (C=O) groups excluding carboxylic acids is 1. The third-order valence-electron chi connectivity index (χ3n) is 3.58. The molecule has 1 amide bonds. The maximum Gasteiger partial charge on any atom is 0.407 e. The van der Waals surface area contributed by atoms with Crippen molar-refractivity contribution in [3.8, 4) is 0 Å². The molecule has 5 heteroatoms. The van der Waals surface area contributed by atoms with Crippen LogP contribution in [-0.2, 0) is 9.53 Å². The fourth-order valence-electron chi connectivity index (χ4n) is 2.48. The Kier molecular flexibility index (Phi) is 7.58. The highest BCUT2D eigenvalue weighted by Crippen LogP contribution is 2.36. The molecule has 1 atom stereocenters. The van der Waals surface area contributed by atoms with E-state index >= 15 is 0 Å². The number of carboxylic acid groups (broad SMARTS) is 1. The summed E-state index contributed by atoms with van der Waals surface area (Å²) in [6.07, 6.45) is 1.26. The van der Waals surface area contributed by atoms with Gasteiger partial charge >= 0.3 is 12.1 Å². The summed E-state index contributed by atoms with van der Waals surface area (Å²) in [6, 6.07) is 0. The van der Waals surface area contributed by atoms with Crippen LogP contribution in [0.5, 0.6) is 0 Å². The van der Waals surface area contributed by atoms with Crippen molar-refractivity contribution in [1.29, 1.82) is 0 Å². The Balaban J connectivity index is 5.09. The molecule has 0 saturated heterocycles. The molecule has 0 aliphatic carbocycles. The van der Waals surface area contributed by atoms with Crippen LogP contribution in [0.25, 0.3) is 0 Å². The van der Waals surface area contributed by atoms with Crippen LogP contribution in [0.15, 0.2) is 0 Å². The van der Waals surface area contributed by atoms with E-state index in [1.165, 1.54) is 0 Å². The van der Waals surface area contributed by atoms with E-state index in [2.05, 4.69) is 26.1 Å². The summed E-state index contributed by atoms with van der Waals surface area (Å²) < 4.78 is 5.22. The molecule has 0 aromatic rings. The fourth-order valence-corrected chi connectivity index (χ4v) is 2.48. The van der Waals surface area contributed by atoms with Crippen molar-refractivity contribution < 1.29 is 19.4 Å². The third kappa shape index (κ3) is 9.47. The number of nitrogens with one attached hydrogen (secondary N) is 1. The Labute approximate surface area is 141 Å². The zero-order chi connectivity index (χ0) is 18.5. The van der Waals surface area contributed by atoms with Gasteiger partial charge in [-0.15, -0.1) is 0 Å². The molecule has 2 N–H and O–H groups in total.